The first-order chi connectivity index (χ1) is 14.5. The molecule has 2 aromatic rings. The highest BCUT2D eigenvalue weighted by Crippen LogP contribution is 2.32. The molecule has 0 unspecified atom stereocenters. The summed E-state index contributed by atoms with van der Waals surface area (Å²) in [5.41, 5.74) is 3.74. The maximum absolute atomic E-state index is 13.1. The fourth-order valence-electron chi connectivity index (χ4n) is 3.59. The molecule has 10 heteroatoms. The largest absolute Gasteiger partial charge is 0.379 e. The Morgan fingerprint density at radius 1 is 1.17 bits per heavy atom. The zero-order valence-corrected chi connectivity index (χ0v) is 18.1. The van der Waals surface area contributed by atoms with E-state index in [0.717, 1.165) is 31.6 Å². The van der Waals surface area contributed by atoms with E-state index in [2.05, 4.69) is 15.2 Å². The third-order valence-corrected chi connectivity index (χ3v) is 7.64. The summed E-state index contributed by atoms with van der Waals surface area (Å²) in [6.07, 6.45) is 5.19. The van der Waals surface area contributed by atoms with Gasteiger partial charge in [-0.15, -0.1) is 11.3 Å². The third-order valence-electron chi connectivity index (χ3n) is 5.14. The van der Waals surface area contributed by atoms with Crippen LogP contribution in [0.15, 0.2) is 40.1 Å². The van der Waals surface area contributed by atoms with Crippen molar-refractivity contribution in [2.75, 3.05) is 49.6 Å². The Balaban J connectivity index is 1.61. The van der Waals surface area contributed by atoms with Gasteiger partial charge in [-0.3, -0.25) is 4.79 Å². The minimum absolute atomic E-state index is 0.172. The van der Waals surface area contributed by atoms with Crippen molar-refractivity contribution >= 4 is 44.7 Å². The smallest absolute Gasteiger partial charge is 0.248 e. The topological polar surface area (TPSA) is 91.8 Å². The molecule has 2 aliphatic rings. The molecule has 0 bridgehead atoms. The lowest BCUT2D eigenvalue weighted by atomic mass is 10.2. The molecule has 8 nitrogen and oxygen atoms in total. The van der Waals surface area contributed by atoms with Gasteiger partial charge in [0.05, 0.1) is 40.7 Å². The number of benzene rings is 1. The van der Waals surface area contributed by atoms with Crippen LogP contribution in [0, 0.1) is 0 Å². The number of thiazole rings is 1. The molecule has 1 aromatic heterocycles. The molecule has 2 aliphatic heterocycles. The van der Waals surface area contributed by atoms with Crippen LogP contribution in [0.2, 0.25) is 0 Å². The Labute approximate surface area is 180 Å². The molecule has 30 heavy (non-hydrogen) atoms. The number of nitrogens with zero attached hydrogens (tertiary/aromatic N) is 3. The van der Waals surface area contributed by atoms with Crippen LogP contribution in [0.4, 0.5) is 11.4 Å². The van der Waals surface area contributed by atoms with E-state index in [1.54, 1.807) is 29.8 Å². The monoisotopic (exact) mass is 448 g/mol. The molecule has 0 spiro atoms. The number of rotatable bonds is 6. The number of hydrogen-bond acceptors (Lipinski definition) is 7. The van der Waals surface area contributed by atoms with Gasteiger partial charge in [0.15, 0.2) is 0 Å². The predicted octanol–water partition coefficient (Wildman–Crippen LogP) is 2.42. The number of amides is 1. The lowest BCUT2D eigenvalue weighted by molar-refractivity contribution is -0.111. The highest BCUT2D eigenvalue weighted by Gasteiger charge is 2.28. The molecule has 1 aromatic carbocycles. The van der Waals surface area contributed by atoms with E-state index in [9.17, 15) is 13.2 Å². The van der Waals surface area contributed by atoms with E-state index >= 15 is 0 Å². The van der Waals surface area contributed by atoms with E-state index in [1.165, 1.54) is 21.7 Å². The lowest BCUT2D eigenvalue weighted by Gasteiger charge is -2.27. The van der Waals surface area contributed by atoms with Gasteiger partial charge >= 0.3 is 0 Å². The molecule has 0 aliphatic carbocycles. The lowest BCUT2D eigenvalue weighted by Crippen LogP contribution is -2.40. The van der Waals surface area contributed by atoms with Crippen LogP contribution in [-0.4, -0.2) is 63.0 Å². The van der Waals surface area contributed by atoms with E-state index in [0.29, 0.717) is 37.7 Å². The van der Waals surface area contributed by atoms with E-state index < -0.39 is 10.0 Å². The Morgan fingerprint density at radius 3 is 2.63 bits per heavy atom. The van der Waals surface area contributed by atoms with Gasteiger partial charge in [0.25, 0.3) is 0 Å². The van der Waals surface area contributed by atoms with Gasteiger partial charge in [-0.2, -0.15) is 4.31 Å². The molecule has 0 atom stereocenters. The minimum atomic E-state index is -3.65. The Hall–Kier alpha value is -2.27. The number of sulfonamides is 1. The van der Waals surface area contributed by atoms with Gasteiger partial charge in [0.2, 0.25) is 15.9 Å². The summed E-state index contributed by atoms with van der Waals surface area (Å²) in [5, 5.41) is 4.71. The van der Waals surface area contributed by atoms with Crippen LogP contribution >= 0.6 is 11.3 Å². The molecule has 2 fully saturated rings. The number of carbonyl (C=O) groups is 1. The molecule has 0 radical (unpaired) electrons. The molecule has 0 saturated carbocycles. The van der Waals surface area contributed by atoms with Crippen LogP contribution in [0.1, 0.15) is 18.5 Å². The molecule has 2 saturated heterocycles. The summed E-state index contributed by atoms with van der Waals surface area (Å²) in [5.74, 6) is -0.329. The van der Waals surface area contributed by atoms with Crippen molar-refractivity contribution in [3.05, 3.63) is 40.9 Å². The normalized spacial score (nSPS) is 18.2. The zero-order valence-electron chi connectivity index (χ0n) is 16.5. The first kappa shape index (κ1) is 21.0. The SMILES string of the molecule is O=C(/C=C/c1cscn1)Nc1cc(S(=O)(=O)N2CCOCC2)ccc1N1CCCC1. The van der Waals surface area contributed by atoms with Crippen LogP contribution in [0.3, 0.4) is 0 Å². The highest BCUT2D eigenvalue weighted by molar-refractivity contribution is 7.89. The average molecular weight is 449 g/mol. The van der Waals surface area contributed by atoms with Crippen molar-refractivity contribution in [2.45, 2.75) is 17.7 Å². The fourth-order valence-corrected chi connectivity index (χ4v) is 5.54. The van der Waals surface area contributed by atoms with Crippen molar-refractivity contribution in [1.29, 1.82) is 0 Å². The Morgan fingerprint density at radius 2 is 1.93 bits per heavy atom. The average Bonchev–Trinajstić information content (AvgIpc) is 3.47. The number of nitrogens with one attached hydrogen (secondary N) is 1. The van der Waals surface area contributed by atoms with E-state index in [4.69, 9.17) is 4.74 Å². The van der Waals surface area contributed by atoms with Crippen LogP contribution in [0.25, 0.3) is 6.08 Å². The molecule has 4 rings (SSSR count). The first-order valence-corrected chi connectivity index (χ1v) is 12.3. The number of ether oxygens (including phenoxy) is 1. The van der Waals surface area contributed by atoms with Gasteiger partial charge in [0, 0.05) is 37.6 Å². The third kappa shape index (κ3) is 4.72. The summed E-state index contributed by atoms with van der Waals surface area (Å²) >= 11 is 1.45. The molecular formula is C20H24N4O4S2. The van der Waals surface area contributed by atoms with Crippen molar-refractivity contribution in [1.82, 2.24) is 9.29 Å². The molecule has 160 valence electrons. The van der Waals surface area contributed by atoms with Gasteiger partial charge in [0.1, 0.15) is 0 Å². The van der Waals surface area contributed by atoms with Crippen molar-refractivity contribution in [3.8, 4) is 0 Å². The maximum Gasteiger partial charge on any atom is 0.248 e. The molecular weight excluding hydrogens is 424 g/mol. The first-order valence-electron chi connectivity index (χ1n) is 9.88. The summed E-state index contributed by atoms with van der Waals surface area (Å²) in [6.45, 7) is 3.19. The molecule has 3 heterocycles. The fraction of sp³-hybridized carbons (Fsp3) is 0.400. The van der Waals surface area contributed by atoms with Crippen molar-refractivity contribution in [3.63, 3.8) is 0 Å². The molecule has 1 amide bonds. The Bertz CT molecular complexity index is 1010. The van der Waals surface area contributed by atoms with Crippen molar-refractivity contribution < 1.29 is 17.9 Å². The van der Waals surface area contributed by atoms with Crippen LogP contribution < -0.4 is 10.2 Å². The summed E-state index contributed by atoms with van der Waals surface area (Å²) in [4.78, 5) is 19.0. The highest BCUT2D eigenvalue weighted by atomic mass is 32.2. The second kappa shape index (κ2) is 9.25. The minimum Gasteiger partial charge on any atom is -0.379 e. The van der Waals surface area contributed by atoms with Crippen LogP contribution in [0.5, 0.6) is 0 Å². The standard InChI is InChI=1S/C20H24N4O4S2/c25-20(6-3-16-14-29-15-21-16)22-18-13-17(4-5-19(18)23-7-1-2-8-23)30(26,27)24-9-11-28-12-10-24/h3-6,13-15H,1-2,7-12H2,(H,22,25)/b6-3+. The number of carbonyl (C=O) groups excluding carboxylic acids is 1. The number of hydrogen-bond donors (Lipinski definition) is 1. The second-order valence-electron chi connectivity index (χ2n) is 7.13. The van der Waals surface area contributed by atoms with Gasteiger partial charge < -0.3 is 15.0 Å². The number of anilines is 2. The maximum atomic E-state index is 13.1. The van der Waals surface area contributed by atoms with Crippen molar-refractivity contribution in [2.24, 2.45) is 0 Å². The number of aromatic nitrogens is 1. The zero-order chi connectivity index (χ0) is 21.0. The predicted molar refractivity (Wildman–Crippen MR) is 117 cm³/mol. The summed E-state index contributed by atoms with van der Waals surface area (Å²) in [6, 6.07) is 4.98. The number of morpholine rings is 1. The summed E-state index contributed by atoms with van der Waals surface area (Å²) in [7, 11) is -3.65. The summed E-state index contributed by atoms with van der Waals surface area (Å²) < 4.78 is 32.8. The van der Waals surface area contributed by atoms with Crippen LogP contribution in [-0.2, 0) is 19.6 Å². The van der Waals surface area contributed by atoms with E-state index in [1.807, 2.05) is 5.38 Å². The van der Waals surface area contributed by atoms with E-state index in [-0.39, 0.29) is 10.8 Å². The Kier molecular flexibility index (Phi) is 6.47. The second-order valence-corrected chi connectivity index (χ2v) is 9.78. The molecule has 1 N–H and O–H groups in total. The van der Waals surface area contributed by atoms with Gasteiger partial charge in [-0.1, -0.05) is 0 Å². The van der Waals surface area contributed by atoms with Gasteiger partial charge in [-0.05, 0) is 37.1 Å². The quantitative estimate of drug-likeness (QED) is 0.683. The van der Waals surface area contributed by atoms with Gasteiger partial charge in [-0.25, -0.2) is 13.4 Å².